The number of likely N-dealkylation sites (tertiary alicyclic amines) is 2. The number of nitro benzene ring substituents is 2. The number of hydrogen-bond acceptors (Lipinski definition) is 9. The number of anilines is 1. The SMILES string of the molecule is C[C@@H](C(=O)N1CCC[C@H]1C(=O)Cc1ccc2[nH]c(-c3ccc([N+](=O)[O-])cc3)cc2c1)c1ccccc1.C[C@@H](C(=O)N1CCC[C@H]1C(=O)O)c1ccccc1.Nc1ccc2[nH]c(-c3ccc([N+](=O)[O-])cc3)cc2c1. The molecule has 4 heterocycles. The Bertz CT molecular complexity index is 3280. The monoisotopic (exact) mass is 981 g/mol. The number of aliphatic carboxylic acids is 1. The number of nitrogen functional groups attached to an aromatic ring is 1. The van der Waals surface area contributed by atoms with Crippen LogP contribution in [0.15, 0.2) is 158 Å². The molecule has 16 heteroatoms. The van der Waals surface area contributed by atoms with Gasteiger partial charge in [-0.25, -0.2) is 4.79 Å². The Morgan fingerprint density at radius 3 is 1.51 bits per heavy atom. The van der Waals surface area contributed by atoms with E-state index in [-0.39, 0.29) is 53.3 Å². The summed E-state index contributed by atoms with van der Waals surface area (Å²) in [6.07, 6.45) is 3.12. The second kappa shape index (κ2) is 22.4. The van der Waals surface area contributed by atoms with Crippen molar-refractivity contribution in [3.8, 4) is 22.5 Å². The van der Waals surface area contributed by atoms with E-state index in [9.17, 15) is 39.4 Å². The predicted molar refractivity (Wildman–Crippen MR) is 281 cm³/mol. The van der Waals surface area contributed by atoms with Gasteiger partial charge in [-0.2, -0.15) is 0 Å². The van der Waals surface area contributed by atoms with E-state index in [0.717, 1.165) is 73.9 Å². The molecule has 2 aromatic heterocycles. The first-order valence-corrected chi connectivity index (χ1v) is 24.1. The summed E-state index contributed by atoms with van der Waals surface area (Å²) in [6, 6.07) is 46.4. The number of aromatic amines is 2. The number of Topliss-reactive ketones (excluding diaryl/α,β-unsaturated/α-hetero) is 1. The van der Waals surface area contributed by atoms with Crippen molar-refractivity contribution >= 4 is 62.4 Å². The lowest BCUT2D eigenvalue weighted by Crippen LogP contribution is -2.43. The van der Waals surface area contributed by atoms with Crippen LogP contribution >= 0.6 is 0 Å². The van der Waals surface area contributed by atoms with Crippen LogP contribution in [0.4, 0.5) is 17.1 Å². The molecule has 16 nitrogen and oxygen atoms in total. The Morgan fingerprint density at radius 1 is 0.603 bits per heavy atom. The van der Waals surface area contributed by atoms with Crippen LogP contribution < -0.4 is 5.73 Å². The number of ketones is 1. The first-order valence-electron chi connectivity index (χ1n) is 24.1. The zero-order chi connectivity index (χ0) is 51.8. The van der Waals surface area contributed by atoms with Crippen molar-refractivity contribution in [3.05, 3.63) is 195 Å². The van der Waals surface area contributed by atoms with Crippen LogP contribution in [0.5, 0.6) is 0 Å². The highest BCUT2D eigenvalue weighted by molar-refractivity contribution is 5.94. The average molecular weight is 982 g/mol. The normalized spacial score (nSPS) is 15.9. The van der Waals surface area contributed by atoms with Gasteiger partial charge >= 0.3 is 5.97 Å². The molecule has 0 spiro atoms. The second-order valence-corrected chi connectivity index (χ2v) is 18.4. The van der Waals surface area contributed by atoms with Gasteiger partial charge in [-0.15, -0.1) is 0 Å². The Morgan fingerprint density at radius 2 is 1.04 bits per heavy atom. The van der Waals surface area contributed by atoms with Gasteiger partial charge in [0.25, 0.3) is 11.4 Å². The molecule has 2 amide bonds. The molecule has 372 valence electrons. The quantitative estimate of drug-likeness (QED) is 0.0513. The number of carboxylic acid groups (broad SMARTS) is 1. The molecular weight excluding hydrogens is 927 g/mol. The lowest BCUT2D eigenvalue weighted by Gasteiger charge is -2.27. The molecule has 2 saturated heterocycles. The summed E-state index contributed by atoms with van der Waals surface area (Å²) in [5.74, 6) is -1.50. The summed E-state index contributed by atoms with van der Waals surface area (Å²) in [4.78, 5) is 80.5. The lowest BCUT2D eigenvalue weighted by atomic mass is 9.97. The van der Waals surface area contributed by atoms with Crippen LogP contribution in [-0.4, -0.2) is 83.5 Å². The fourth-order valence-corrected chi connectivity index (χ4v) is 9.52. The molecule has 2 aliphatic heterocycles. The number of nitrogens with one attached hydrogen (secondary N) is 2. The number of H-pyrrole nitrogens is 2. The number of benzene rings is 6. The van der Waals surface area contributed by atoms with E-state index in [1.807, 2.05) is 123 Å². The van der Waals surface area contributed by atoms with Gasteiger partial charge in [0.05, 0.1) is 27.7 Å². The number of hydrogen-bond donors (Lipinski definition) is 4. The van der Waals surface area contributed by atoms with Gasteiger partial charge in [0.15, 0.2) is 5.78 Å². The number of carbonyl (C=O) groups is 4. The van der Waals surface area contributed by atoms with Crippen molar-refractivity contribution in [2.24, 2.45) is 0 Å². The van der Waals surface area contributed by atoms with Crippen LogP contribution in [0.25, 0.3) is 44.3 Å². The van der Waals surface area contributed by atoms with E-state index in [2.05, 4.69) is 9.97 Å². The second-order valence-electron chi connectivity index (χ2n) is 18.4. The van der Waals surface area contributed by atoms with Crippen molar-refractivity contribution in [3.63, 3.8) is 0 Å². The number of rotatable bonds is 12. The van der Waals surface area contributed by atoms with E-state index >= 15 is 0 Å². The van der Waals surface area contributed by atoms with Crippen molar-refractivity contribution in [2.75, 3.05) is 18.8 Å². The van der Waals surface area contributed by atoms with Crippen LogP contribution in [0, 0.1) is 20.2 Å². The maximum absolute atomic E-state index is 13.3. The summed E-state index contributed by atoms with van der Waals surface area (Å²) in [5.41, 5.74) is 14.8. The minimum atomic E-state index is -0.902. The van der Waals surface area contributed by atoms with Gasteiger partial charge in [0.2, 0.25) is 11.8 Å². The van der Waals surface area contributed by atoms with Gasteiger partial charge in [-0.1, -0.05) is 66.7 Å². The molecule has 0 unspecified atom stereocenters. The average Bonchev–Trinajstić information content (AvgIpc) is 4.26. The highest BCUT2D eigenvalue weighted by Crippen LogP contribution is 2.31. The Kier molecular flexibility index (Phi) is 15.5. The fraction of sp³-hybridized carbons (Fsp3) is 0.228. The molecule has 0 bridgehead atoms. The number of carboxylic acids is 1. The van der Waals surface area contributed by atoms with Gasteiger partial charge in [0.1, 0.15) is 6.04 Å². The molecule has 0 saturated carbocycles. The van der Waals surface area contributed by atoms with Crippen LogP contribution in [0.3, 0.4) is 0 Å². The van der Waals surface area contributed by atoms with Crippen LogP contribution in [-0.2, 0) is 25.6 Å². The van der Waals surface area contributed by atoms with Gasteiger partial charge in [-0.3, -0.25) is 34.6 Å². The summed E-state index contributed by atoms with van der Waals surface area (Å²) in [6.45, 7) is 4.89. The molecule has 8 aromatic rings. The first kappa shape index (κ1) is 50.5. The summed E-state index contributed by atoms with van der Waals surface area (Å²) in [7, 11) is 0. The number of carbonyl (C=O) groups excluding carboxylic acids is 3. The molecule has 10 rings (SSSR count). The third kappa shape index (κ3) is 11.8. The van der Waals surface area contributed by atoms with Crippen molar-refractivity contribution in [1.29, 1.82) is 0 Å². The van der Waals surface area contributed by atoms with E-state index < -0.39 is 21.9 Å². The third-order valence-corrected chi connectivity index (χ3v) is 13.6. The maximum Gasteiger partial charge on any atom is 0.326 e. The minimum absolute atomic E-state index is 0.00544. The predicted octanol–water partition coefficient (Wildman–Crippen LogP) is 10.8. The number of nitrogens with zero attached hydrogens (tertiary/aromatic N) is 4. The summed E-state index contributed by atoms with van der Waals surface area (Å²) in [5, 5.41) is 32.6. The molecule has 5 N–H and O–H groups in total. The van der Waals surface area contributed by atoms with E-state index in [1.54, 1.807) is 29.2 Å². The van der Waals surface area contributed by atoms with Crippen molar-refractivity contribution in [2.45, 2.75) is 69.9 Å². The van der Waals surface area contributed by atoms with E-state index in [4.69, 9.17) is 10.8 Å². The van der Waals surface area contributed by atoms with Crippen LogP contribution in [0.2, 0.25) is 0 Å². The molecule has 0 radical (unpaired) electrons. The minimum Gasteiger partial charge on any atom is -0.480 e. The van der Waals surface area contributed by atoms with Crippen LogP contribution in [0.1, 0.15) is 68.1 Å². The number of nitro groups is 2. The number of nitrogens with two attached hydrogens (primary N) is 1. The lowest BCUT2D eigenvalue weighted by molar-refractivity contribution is -0.385. The largest absolute Gasteiger partial charge is 0.480 e. The summed E-state index contributed by atoms with van der Waals surface area (Å²) < 4.78 is 0. The van der Waals surface area contributed by atoms with Gasteiger partial charge in [0, 0.05) is 82.7 Å². The standard InChI is InChI=1S/C29H27N3O4.C14H11N3O2.C14H17NO3/c1-19(21-6-3-2-4-7-21)29(34)31-15-5-8-27(31)28(33)17-20-9-14-25-23(16-20)18-26(30-25)22-10-12-24(13-11-22)32(35)36;15-11-3-6-13-10(7-11)8-14(16-13)9-1-4-12(5-2-9)17(18)19;1-10(11-6-3-2-4-7-11)13(16)15-9-5-8-12(15)14(17)18/h2-4,6-7,9-14,16,18-19,27,30H,5,8,15,17H2,1H3;1-8,16H,15H2;2-4,6-7,10,12H,5,8-9H2,1H3,(H,17,18)/t19-,27+;;10-,12+/m1.1/s1. The number of aromatic nitrogens is 2. The summed E-state index contributed by atoms with van der Waals surface area (Å²) >= 11 is 0. The number of non-ortho nitro benzene ring substituents is 2. The zero-order valence-corrected chi connectivity index (χ0v) is 40.3. The molecule has 4 atom stereocenters. The first-order chi connectivity index (χ1) is 35.1. The number of amides is 2. The molecule has 0 aliphatic carbocycles. The molecule has 73 heavy (non-hydrogen) atoms. The molecule has 2 aliphatic rings. The van der Waals surface area contributed by atoms with Gasteiger partial charge in [-0.05, 0) is 134 Å². The van der Waals surface area contributed by atoms with Gasteiger partial charge < -0.3 is 30.6 Å². The topological polar surface area (TPSA) is 239 Å². The molecule has 2 fully saturated rings. The fourth-order valence-electron chi connectivity index (χ4n) is 9.52. The molecule has 6 aromatic carbocycles. The molecular formula is C57H55N7O9. The smallest absolute Gasteiger partial charge is 0.326 e. The highest BCUT2D eigenvalue weighted by atomic mass is 16.6. The Hall–Kier alpha value is -8.92. The number of fused-ring (bicyclic) bond motifs is 2. The Labute approximate surface area is 420 Å². The Balaban J connectivity index is 0.000000161. The zero-order valence-electron chi connectivity index (χ0n) is 40.3. The van der Waals surface area contributed by atoms with Crippen molar-refractivity contribution in [1.82, 2.24) is 19.8 Å². The highest BCUT2D eigenvalue weighted by Gasteiger charge is 2.37. The van der Waals surface area contributed by atoms with Crippen molar-refractivity contribution < 1.29 is 34.1 Å². The third-order valence-electron chi connectivity index (χ3n) is 13.6. The van der Waals surface area contributed by atoms with E-state index in [0.29, 0.717) is 31.6 Å². The van der Waals surface area contributed by atoms with E-state index in [1.165, 1.54) is 29.2 Å². The maximum atomic E-state index is 13.3.